The summed E-state index contributed by atoms with van der Waals surface area (Å²) in [5.41, 5.74) is 0. The zero-order valence-electron chi connectivity index (χ0n) is 12.7. The Hall–Kier alpha value is -1.10. The van der Waals surface area contributed by atoms with Gasteiger partial charge in [0.25, 0.3) is 0 Å². The Morgan fingerprint density at radius 3 is 2.55 bits per heavy atom. The van der Waals surface area contributed by atoms with Gasteiger partial charge in [0.1, 0.15) is 0 Å². The Bertz CT molecular complexity index is 314. The molecule has 1 rings (SSSR count). The van der Waals surface area contributed by atoms with E-state index >= 15 is 0 Å². The van der Waals surface area contributed by atoms with E-state index in [0.29, 0.717) is 6.54 Å². The van der Waals surface area contributed by atoms with Gasteiger partial charge in [-0.3, -0.25) is 14.5 Å². The summed E-state index contributed by atoms with van der Waals surface area (Å²) in [6, 6.07) is 0. The molecule has 0 aromatic rings. The van der Waals surface area contributed by atoms with E-state index in [1.807, 2.05) is 0 Å². The molecule has 0 spiro atoms. The highest BCUT2D eigenvalue weighted by molar-refractivity contribution is 5.78. The van der Waals surface area contributed by atoms with Crippen molar-refractivity contribution in [3.63, 3.8) is 0 Å². The van der Waals surface area contributed by atoms with Crippen LogP contribution in [0.3, 0.4) is 0 Å². The second kappa shape index (κ2) is 8.95. The number of nitrogens with zero attached hydrogens (tertiary/aromatic N) is 1. The van der Waals surface area contributed by atoms with Crippen LogP contribution in [-0.4, -0.2) is 48.6 Å². The van der Waals surface area contributed by atoms with E-state index in [0.717, 1.165) is 18.9 Å². The number of likely N-dealkylation sites (N-methyl/N-ethyl adjacent to an activating group) is 1. The third kappa shape index (κ3) is 6.89. The molecule has 1 unspecified atom stereocenters. The molecule has 1 fully saturated rings. The van der Waals surface area contributed by atoms with Crippen molar-refractivity contribution in [2.75, 3.05) is 26.7 Å². The molecule has 116 valence electrons. The molecule has 0 aromatic carbocycles. The highest BCUT2D eigenvalue weighted by atomic mass is 16.4. The lowest BCUT2D eigenvalue weighted by Gasteiger charge is -2.22. The SMILES string of the molecule is CC(CN(C)CC(=O)NCCC1CCCCC1)C(=O)O. The number of hydrogen-bond acceptors (Lipinski definition) is 3. The number of carboxylic acid groups (broad SMARTS) is 1. The minimum absolute atomic E-state index is 0.0131. The van der Waals surface area contributed by atoms with Gasteiger partial charge in [0.15, 0.2) is 0 Å². The van der Waals surface area contributed by atoms with Crippen LogP contribution in [0.15, 0.2) is 0 Å². The van der Waals surface area contributed by atoms with Gasteiger partial charge in [0.2, 0.25) is 5.91 Å². The molecule has 0 radical (unpaired) electrons. The molecule has 0 bridgehead atoms. The van der Waals surface area contributed by atoms with Crippen molar-refractivity contribution >= 4 is 11.9 Å². The van der Waals surface area contributed by atoms with Gasteiger partial charge < -0.3 is 10.4 Å². The molecule has 1 aliphatic carbocycles. The summed E-state index contributed by atoms with van der Waals surface area (Å²) >= 11 is 0. The number of hydrogen-bond donors (Lipinski definition) is 2. The van der Waals surface area contributed by atoms with Crippen LogP contribution < -0.4 is 5.32 Å². The fourth-order valence-electron chi connectivity index (χ4n) is 2.80. The summed E-state index contributed by atoms with van der Waals surface area (Å²) < 4.78 is 0. The summed E-state index contributed by atoms with van der Waals surface area (Å²) in [5, 5.41) is 11.8. The first-order valence-electron chi connectivity index (χ1n) is 7.67. The topological polar surface area (TPSA) is 69.6 Å². The second-order valence-corrected chi connectivity index (χ2v) is 6.08. The number of nitrogens with one attached hydrogen (secondary N) is 1. The standard InChI is InChI=1S/C15H28N2O3/c1-12(15(19)20)10-17(2)11-14(18)16-9-8-13-6-4-3-5-7-13/h12-13H,3-11H2,1-2H3,(H,16,18)(H,19,20). The van der Waals surface area contributed by atoms with E-state index in [9.17, 15) is 9.59 Å². The maximum absolute atomic E-state index is 11.7. The van der Waals surface area contributed by atoms with Crippen molar-refractivity contribution in [2.24, 2.45) is 11.8 Å². The summed E-state index contributed by atoms with van der Waals surface area (Å²) in [6.45, 7) is 3.05. The molecule has 1 amide bonds. The number of rotatable bonds is 8. The summed E-state index contributed by atoms with van der Waals surface area (Å²) in [7, 11) is 1.78. The molecular formula is C15H28N2O3. The number of carbonyl (C=O) groups is 2. The number of carbonyl (C=O) groups excluding carboxylic acids is 1. The molecule has 0 aromatic heterocycles. The minimum Gasteiger partial charge on any atom is -0.481 e. The first-order chi connectivity index (χ1) is 9.49. The van der Waals surface area contributed by atoms with Crippen LogP contribution in [0.4, 0.5) is 0 Å². The first-order valence-corrected chi connectivity index (χ1v) is 7.67. The van der Waals surface area contributed by atoms with Crippen LogP contribution in [0.2, 0.25) is 0 Å². The highest BCUT2D eigenvalue weighted by Crippen LogP contribution is 2.25. The molecule has 1 saturated carbocycles. The van der Waals surface area contributed by atoms with Gasteiger partial charge in [0.05, 0.1) is 12.5 Å². The quantitative estimate of drug-likeness (QED) is 0.712. The van der Waals surface area contributed by atoms with E-state index in [4.69, 9.17) is 5.11 Å². The van der Waals surface area contributed by atoms with Crippen molar-refractivity contribution in [3.05, 3.63) is 0 Å². The maximum atomic E-state index is 11.7. The van der Waals surface area contributed by atoms with Gasteiger partial charge >= 0.3 is 5.97 Å². The Labute approximate surface area is 121 Å². The van der Waals surface area contributed by atoms with E-state index < -0.39 is 11.9 Å². The van der Waals surface area contributed by atoms with E-state index in [1.165, 1.54) is 32.1 Å². The summed E-state index contributed by atoms with van der Waals surface area (Å²) in [4.78, 5) is 24.2. The molecule has 5 heteroatoms. The van der Waals surface area contributed by atoms with E-state index in [-0.39, 0.29) is 12.5 Å². The zero-order chi connectivity index (χ0) is 15.0. The Balaban J connectivity index is 2.11. The minimum atomic E-state index is -0.824. The predicted octanol–water partition coefficient (Wildman–Crippen LogP) is 1.73. The van der Waals surface area contributed by atoms with Gasteiger partial charge in [-0.2, -0.15) is 0 Å². The Morgan fingerprint density at radius 1 is 1.30 bits per heavy atom. The van der Waals surface area contributed by atoms with Crippen LogP contribution in [-0.2, 0) is 9.59 Å². The van der Waals surface area contributed by atoms with Crippen LogP contribution in [0, 0.1) is 11.8 Å². The third-order valence-electron chi connectivity index (χ3n) is 4.02. The van der Waals surface area contributed by atoms with Crippen LogP contribution in [0.25, 0.3) is 0 Å². The lowest BCUT2D eigenvalue weighted by Crippen LogP contribution is -2.38. The predicted molar refractivity (Wildman–Crippen MR) is 78.5 cm³/mol. The van der Waals surface area contributed by atoms with Crippen LogP contribution in [0.5, 0.6) is 0 Å². The van der Waals surface area contributed by atoms with Gasteiger partial charge in [-0.05, 0) is 19.4 Å². The maximum Gasteiger partial charge on any atom is 0.307 e. The zero-order valence-corrected chi connectivity index (χ0v) is 12.7. The smallest absolute Gasteiger partial charge is 0.307 e. The monoisotopic (exact) mass is 284 g/mol. The van der Waals surface area contributed by atoms with Gasteiger partial charge in [-0.25, -0.2) is 0 Å². The number of aliphatic carboxylic acids is 1. The molecule has 20 heavy (non-hydrogen) atoms. The summed E-state index contributed by atoms with van der Waals surface area (Å²) in [6.07, 6.45) is 7.68. The van der Waals surface area contributed by atoms with Gasteiger partial charge in [-0.1, -0.05) is 39.0 Å². The third-order valence-corrected chi connectivity index (χ3v) is 4.02. The fraction of sp³-hybridized carbons (Fsp3) is 0.867. The molecule has 0 saturated heterocycles. The lowest BCUT2D eigenvalue weighted by atomic mass is 9.87. The van der Waals surface area contributed by atoms with Crippen molar-refractivity contribution in [1.29, 1.82) is 0 Å². The second-order valence-electron chi connectivity index (χ2n) is 6.08. The fourth-order valence-corrected chi connectivity index (χ4v) is 2.80. The highest BCUT2D eigenvalue weighted by Gasteiger charge is 2.16. The van der Waals surface area contributed by atoms with Crippen LogP contribution >= 0.6 is 0 Å². The van der Waals surface area contributed by atoms with E-state index in [2.05, 4.69) is 5.32 Å². The van der Waals surface area contributed by atoms with Crippen molar-refractivity contribution in [1.82, 2.24) is 10.2 Å². The summed E-state index contributed by atoms with van der Waals surface area (Å²) in [5.74, 6) is -0.515. The number of carboxylic acids is 1. The molecule has 0 heterocycles. The average Bonchev–Trinajstić information content (AvgIpc) is 2.39. The Morgan fingerprint density at radius 2 is 1.95 bits per heavy atom. The van der Waals surface area contributed by atoms with E-state index in [1.54, 1.807) is 18.9 Å². The average molecular weight is 284 g/mol. The molecule has 0 aliphatic heterocycles. The molecule has 1 aliphatic rings. The molecular weight excluding hydrogens is 256 g/mol. The molecule has 5 nitrogen and oxygen atoms in total. The molecule has 1 atom stereocenters. The largest absolute Gasteiger partial charge is 0.481 e. The Kier molecular flexibility index (Phi) is 7.59. The van der Waals surface area contributed by atoms with Crippen molar-refractivity contribution < 1.29 is 14.7 Å². The number of amides is 1. The normalized spacial score (nSPS) is 17.9. The van der Waals surface area contributed by atoms with Crippen LogP contribution in [0.1, 0.15) is 45.4 Å². The van der Waals surface area contributed by atoms with Gasteiger partial charge in [-0.15, -0.1) is 0 Å². The lowest BCUT2D eigenvalue weighted by molar-refractivity contribution is -0.142. The van der Waals surface area contributed by atoms with Gasteiger partial charge in [0, 0.05) is 13.1 Å². The first kappa shape index (κ1) is 17.0. The molecule has 2 N–H and O–H groups in total. The van der Waals surface area contributed by atoms with Crippen molar-refractivity contribution in [3.8, 4) is 0 Å². The van der Waals surface area contributed by atoms with Crippen molar-refractivity contribution in [2.45, 2.75) is 45.4 Å².